The maximum atomic E-state index is 11.8. The van der Waals surface area contributed by atoms with Crippen LogP contribution in [-0.4, -0.2) is 60.8 Å². The number of rotatable bonds is 7. The maximum absolute atomic E-state index is 11.8. The van der Waals surface area contributed by atoms with Crippen LogP contribution in [0.4, 0.5) is 11.5 Å². The van der Waals surface area contributed by atoms with E-state index in [2.05, 4.69) is 9.97 Å². The Hall–Kier alpha value is -2.96. The van der Waals surface area contributed by atoms with Crippen LogP contribution < -0.4 is 21.1 Å². The highest BCUT2D eigenvalue weighted by molar-refractivity contribution is 7.88. The first-order valence-electron chi connectivity index (χ1n) is 11.7. The third-order valence-corrected chi connectivity index (χ3v) is 8.45. The lowest BCUT2D eigenvalue weighted by atomic mass is 10.0. The van der Waals surface area contributed by atoms with Gasteiger partial charge in [0.15, 0.2) is 6.23 Å². The Labute approximate surface area is 232 Å². The maximum Gasteiger partial charge on any atom is 0.211 e. The van der Waals surface area contributed by atoms with Crippen molar-refractivity contribution in [1.29, 1.82) is 5.41 Å². The van der Waals surface area contributed by atoms with Crippen molar-refractivity contribution < 1.29 is 13.2 Å². The summed E-state index contributed by atoms with van der Waals surface area (Å²) in [6.07, 6.45) is 3.34. The van der Waals surface area contributed by atoms with Gasteiger partial charge in [-0.05, 0) is 43.7 Å². The molecule has 2 aromatic heterocycles. The standard InChI is InChI=1S/C25H29Cl2N7O3S/c1-14-10-16(12-32-25(14)33-6-8-34(9-7-33)38(3,35)36)23(29)18-11-17(4-5-20(18)28)37-24(30)21-19(26)13-31-15(2)22(21)27/h4-5,10-13,24,29H,6-9,28,30H2,1-3H3/t24-/m0/s1. The Bertz CT molecular complexity index is 1490. The Morgan fingerprint density at radius 3 is 2.42 bits per heavy atom. The molecule has 3 aromatic rings. The molecule has 0 spiro atoms. The minimum atomic E-state index is -3.22. The van der Waals surface area contributed by atoms with Gasteiger partial charge < -0.3 is 15.4 Å². The molecule has 0 radical (unpaired) electrons. The summed E-state index contributed by atoms with van der Waals surface area (Å²) in [5.41, 5.74) is 15.9. The van der Waals surface area contributed by atoms with Gasteiger partial charge in [-0.25, -0.2) is 13.4 Å². The lowest BCUT2D eigenvalue weighted by Gasteiger charge is -2.34. The Morgan fingerprint density at radius 1 is 1.11 bits per heavy atom. The summed E-state index contributed by atoms with van der Waals surface area (Å²) in [4.78, 5) is 10.8. The molecule has 1 fully saturated rings. The van der Waals surface area contributed by atoms with Crippen molar-refractivity contribution in [3.05, 3.63) is 74.7 Å². The van der Waals surface area contributed by atoms with Crippen LogP contribution in [0.3, 0.4) is 0 Å². The Morgan fingerprint density at radius 2 is 1.79 bits per heavy atom. The average Bonchev–Trinajstić information content (AvgIpc) is 2.87. The smallest absolute Gasteiger partial charge is 0.211 e. The quantitative estimate of drug-likeness (QED) is 0.219. The third kappa shape index (κ3) is 5.87. The molecule has 13 heteroatoms. The molecule has 1 aliphatic heterocycles. The fourth-order valence-corrected chi connectivity index (χ4v) is 5.68. The highest BCUT2D eigenvalue weighted by atomic mass is 35.5. The number of benzene rings is 1. The van der Waals surface area contributed by atoms with Gasteiger partial charge in [-0.15, -0.1) is 0 Å². The van der Waals surface area contributed by atoms with Crippen LogP contribution in [-0.2, 0) is 10.0 Å². The van der Waals surface area contributed by atoms with E-state index in [4.69, 9.17) is 44.8 Å². The molecule has 1 aliphatic rings. The highest BCUT2D eigenvalue weighted by Crippen LogP contribution is 2.33. The summed E-state index contributed by atoms with van der Waals surface area (Å²) in [5, 5.41) is 9.43. The van der Waals surface area contributed by atoms with Gasteiger partial charge in [0.1, 0.15) is 11.6 Å². The van der Waals surface area contributed by atoms with Crippen molar-refractivity contribution in [3.8, 4) is 5.75 Å². The number of nitrogens with zero attached hydrogens (tertiary/aromatic N) is 4. The van der Waals surface area contributed by atoms with E-state index in [0.717, 1.165) is 11.4 Å². The van der Waals surface area contributed by atoms with Crippen LogP contribution in [0, 0.1) is 19.3 Å². The average molecular weight is 579 g/mol. The first-order chi connectivity index (χ1) is 17.9. The monoisotopic (exact) mass is 577 g/mol. The van der Waals surface area contributed by atoms with Crippen molar-refractivity contribution in [2.24, 2.45) is 5.73 Å². The number of pyridine rings is 2. The number of hydrogen-bond acceptors (Lipinski definition) is 9. The van der Waals surface area contributed by atoms with Crippen molar-refractivity contribution in [2.45, 2.75) is 20.1 Å². The summed E-state index contributed by atoms with van der Waals surface area (Å²) < 4.78 is 31.0. The van der Waals surface area contributed by atoms with Gasteiger partial charge in [0.25, 0.3) is 0 Å². The fourth-order valence-electron chi connectivity index (χ4n) is 4.29. The van der Waals surface area contributed by atoms with Gasteiger partial charge in [-0.2, -0.15) is 4.31 Å². The molecule has 1 atom stereocenters. The molecule has 0 aliphatic carbocycles. The summed E-state index contributed by atoms with van der Waals surface area (Å²) in [7, 11) is -3.22. The van der Waals surface area contributed by atoms with E-state index in [0.29, 0.717) is 65.0 Å². The second-order valence-electron chi connectivity index (χ2n) is 9.10. The lowest BCUT2D eigenvalue weighted by Crippen LogP contribution is -2.48. The van der Waals surface area contributed by atoms with Crippen molar-refractivity contribution >= 4 is 50.4 Å². The number of aryl methyl sites for hydroxylation is 2. The molecule has 202 valence electrons. The molecule has 3 heterocycles. The predicted octanol–water partition coefficient (Wildman–Crippen LogP) is 3.52. The van der Waals surface area contributed by atoms with Crippen LogP contribution in [0.15, 0.2) is 36.7 Å². The topological polar surface area (TPSA) is 152 Å². The number of nitrogens with one attached hydrogen (secondary N) is 1. The van der Waals surface area contributed by atoms with Crippen LogP contribution in [0.25, 0.3) is 0 Å². The molecule has 1 saturated heterocycles. The second kappa shape index (κ2) is 11.0. The minimum Gasteiger partial charge on any atom is -0.471 e. The molecule has 1 aromatic carbocycles. The van der Waals surface area contributed by atoms with E-state index in [1.807, 2.05) is 17.9 Å². The number of nitrogen functional groups attached to an aromatic ring is 1. The van der Waals surface area contributed by atoms with Gasteiger partial charge in [0.05, 0.1) is 27.7 Å². The second-order valence-corrected chi connectivity index (χ2v) is 11.9. The number of halogens is 2. The highest BCUT2D eigenvalue weighted by Gasteiger charge is 2.25. The zero-order chi connectivity index (χ0) is 27.8. The third-order valence-electron chi connectivity index (χ3n) is 6.37. The molecule has 5 N–H and O–H groups in total. The van der Waals surface area contributed by atoms with E-state index in [1.54, 1.807) is 31.3 Å². The fraction of sp³-hybridized carbons (Fsp3) is 0.320. The van der Waals surface area contributed by atoms with Crippen molar-refractivity contribution in [2.75, 3.05) is 43.1 Å². The Balaban J connectivity index is 1.53. The van der Waals surface area contributed by atoms with E-state index in [9.17, 15) is 8.42 Å². The van der Waals surface area contributed by atoms with Gasteiger partial charge >= 0.3 is 0 Å². The SMILES string of the molecule is Cc1cc(C(=N)c2cc(O[C@H](N)c3c(Cl)cnc(C)c3Cl)ccc2N)cnc1N1CCN(S(C)(=O)=O)CC1. The van der Waals surface area contributed by atoms with Gasteiger partial charge in [-0.1, -0.05) is 23.2 Å². The number of aromatic nitrogens is 2. The molecule has 38 heavy (non-hydrogen) atoms. The number of piperazine rings is 1. The number of anilines is 2. The molecule has 0 unspecified atom stereocenters. The van der Waals surface area contributed by atoms with Crippen molar-refractivity contribution in [3.63, 3.8) is 0 Å². The molecule has 4 rings (SSSR count). The largest absolute Gasteiger partial charge is 0.471 e. The first kappa shape index (κ1) is 28.1. The van der Waals surface area contributed by atoms with E-state index in [-0.39, 0.29) is 10.7 Å². The number of sulfonamides is 1. The summed E-state index contributed by atoms with van der Waals surface area (Å²) in [6.45, 7) is 5.53. The van der Waals surface area contributed by atoms with Crippen LogP contribution in [0.1, 0.15) is 34.2 Å². The van der Waals surface area contributed by atoms with Crippen LogP contribution in [0.2, 0.25) is 10.0 Å². The molecular formula is C25H29Cl2N7O3S. The number of hydrogen-bond donors (Lipinski definition) is 3. The summed E-state index contributed by atoms with van der Waals surface area (Å²) in [6, 6.07) is 6.81. The first-order valence-corrected chi connectivity index (χ1v) is 14.4. The number of ether oxygens (including phenoxy) is 1. The number of nitrogens with two attached hydrogens (primary N) is 2. The molecular weight excluding hydrogens is 549 g/mol. The summed E-state index contributed by atoms with van der Waals surface area (Å²) >= 11 is 12.6. The molecule has 0 bridgehead atoms. The van der Waals surface area contributed by atoms with Gasteiger partial charge in [0, 0.05) is 61.0 Å². The minimum absolute atomic E-state index is 0.168. The molecule has 0 amide bonds. The van der Waals surface area contributed by atoms with Crippen molar-refractivity contribution in [1.82, 2.24) is 14.3 Å². The van der Waals surface area contributed by atoms with E-state index in [1.165, 1.54) is 16.8 Å². The lowest BCUT2D eigenvalue weighted by molar-refractivity contribution is 0.214. The zero-order valence-corrected chi connectivity index (χ0v) is 23.5. The van der Waals surface area contributed by atoms with Gasteiger partial charge in [0.2, 0.25) is 10.0 Å². The molecule has 10 nitrogen and oxygen atoms in total. The summed E-state index contributed by atoms with van der Waals surface area (Å²) in [5.74, 6) is 1.14. The Kier molecular flexibility index (Phi) is 8.15. The predicted molar refractivity (Wildman–Crippen MR) is 151 cm³/mol. The normalized spacial score (nSPS) is 15.4. The van der Waals surface area contributed by atoms with E-state index < -0.39 is 16.3 Å². The van der Waals surface area contributed by atoms with E-state index >= 15 is 0 Å². The molecule has 0 saturated carbocycles. The van der Waals surface area contributed by atoms with Crippen LogP contribution in [0.5, 0.6) is 5.75 Å². The van der Waals surface area contributed by atoms with Gasteiger partial charge in [-0.3, -0.25) is 16.1 Å². The van der Waals surface area contributed by atoms with Crippen LogP contribution >= 0.6 is 23.2 Å². The zero-order valence-electron chi connectivity index (χ0n) is 21.2.